The smallest absolute Gasteiger partial charge is 0.329 e. The van der Waals surface area contributed by atoms with Crippen molar-refractivity contribution in [3.8, 4) is 5.75 Å². The molecule has 6 heteroatoms. The van der Waals surface area contributed by atoms with E-state index in [-0.39, 0.29) is 37.7 Å². The Bertz CT molecular complexity index is 508. The van der Waals surface area contributed by atoms with Crippen LogP contribution >= 0.6 is 0 Å². The average Bonchev–Trinajstić information content (AvgIpc) is 2.43. The summed E-state index contributed by atoms with van der Waals surface area (Å²) in [6, 6.07) is 7.62. The second kappa shape index (κ2) is 8.38. The third-order valence-corrected chi connectivity index (χ3v) is 2.85. The van der Waals surface area contributed by atoms with E-state index < -0.39 is 5.97 Å². The van der Waals surface area contributed by atoms with Gasteiger partial charge in [0.2, 0.25) is 0 Å². The summed E-state index contributed by atoms with van der Waals surface area (Å²) in [6.07, 6.45) is 0. The Morgan fingerprint density at radius 3 is 2.50 bits per heavy atom. The summed E-state index contributed by atoms with van der Waals surface area (Å²) in [6.45, 7) is 6.17. The number of carboxylic acids is 1. The first-order valence-corrected chi connectivity index (χ1v) is 7.09. The highest BCUT2D eigenvalue weighted by molar-refractivity contribution is 5.77. The number of para-hydroxylation sites is 1. The maximum atomic E-state index is 11.7. The van der Waals surface area contributed by atoms with Crippen LogP contribution in [0.15, 0.2) is 24.3 Å². The number of hydrogen-bond acceptors (Lipinski definition) is 4. The van der Waals surface area contributed by atoms with Gasteiger partial charge in [0, 0.05) is 6.54 Å². The first kappa shape index (κ1) is 18.0. The van der Waals surface area contributed by atoms with Gasteiger partial charge in [-0.15, -0.1) is 0 Å². The van der Waals surface area contributed by atoms with E-state index in [1.807, 2.05) is 24.3 Å². The van der Waals surface area contributed by atoms with E-state index in [1.165, 1.54) is 0 Å². The van der Waals surface area contributed by atoms with Crippen LogP contribution < -0.4 is 10.1 Å². The fourth-order valence-corrected chi connectivity index (χ4v) is 1.83. The molecule has 122 valence electrons. The van der Waals surface area contributed by atoms with Gasteiger partial charge in [0.15, 0.2) is 6.61 Å². The summed E-state index contributed by atoms with van der Waals surface area (Å²) >= 11 is 0. The minimum atomic E-state index is -1.03. The van der Waals surface area contributed by atoms with Crippen molar-refractivity contribution in [1.82, 2.24) is 5.32 Å². The van der Waals surface area contributed by atoms with Gasteiger partial charge in [0.25, 0.3) is 5.91 Å². The van der Waals surface area contributed by atoms with Crippen LogP contribution in [-0.2, 0) is 19.7 Å². The molecule has 1 amide bonds. The molecule has 1 aromatic rings. The lowest BCUT2D eigenvalue weighted by molar-refractivity contribution is -0.142. The lowest BCUT2D eigenvalue weighted by Crippen LogP contribution is -2.32. The maximum absolute atomic E-state index is 11.7. The molecule has 0 aliphatic rings. The van der Waals surface area contributed by atoms with E-state index in [1.54, 1.807) is 0 Å². The van der Waals surface area contributed by atoms with Gasteiger partial charge < -0.3 is 19.9 Å². The van der Waals surface area contributed by atoms with Crippen LogP contribution in [0.3, 0.4) is 0 Å². The minimum absolute atomic E-state index is 0.0717. The monoisotopic (exact) mass is 309 g/mol. The summed E-state index contributed by atoms with van der Waals surface area (Å²) in [4.78, 5) is 21.9. The quantitative estimate of drug-likeness (QED) is 0.712. The molecule has 0 atom stereocenters. The van der Waals surface area contributed by atoms with Crippen LogP contribution in [0.5, 0.6) is 5.75 Å². The third kappa shape index (κ3) is 6.58. The molecule has 6 nitrogen and oxygen atoms in total. The van der Waals surface area contributed by atoms with E-state index in [0.29, 0.717) is 5.75 Å². The fraction of sp³-hybridized carbons (Fsp3) is 0.500. The van der Waals surface area contributed by atoms with Crippen molar-refractivity contribution in [3.63, 3.8) is 0 Å². The number of carbonyl (C=O) groups is 2. The first-order valence-electron chi connectivity index (χ1n) is 7.09. The summed E-state index contributed by atoms with van der Waals surface area (Å²) in [7, 11) is 0. The largest absolute Gasteiger partial charge is 0.483 e. The van der Waals surface area contributed by atoms with Gasteiger partial charge >= 0.3 is 5.97 Å². The molecule has 22 heavy (non-hydrogen) atoms. The Morgan fingerprint density at radius 2 is 1.86 bits per heavy atom. The standard InChI is InChI=1S/C16H23NO5/c1-16(2,3)12-6-4-5-7-13(12)22-10-14(18)17-8-9-21-11-15(19)20/h4-7H,8-11H2,1-3H3,(H,17,18)(H,19,20). The number of carboxylic acid groups (broad SMARTS) is 1. The highest BCUT2D eigenvalue weighted by Gasteiger charge is 2.18. The molecule has 1 rings (SSSR count). The van der Waals surface area contributed by atoms with Crippen LogP contribution in [0.2, 0.25) is 0 Å². The van der Waals surface area contributed by atoms with Crippen molar-refractivity contribution < 1.29 is 24.2 Å². The van der Waals surface area contributed by atoms with Crippen molar-refractivity contribution in [3.05, 3.63) is 29.8 Å². The Labute approximate surface area is 130 Å². The van der Waals surface area contributed by atoms with Gasteiger partial charge in [0.05, 0.1) is 6.61 Å². The molecule has 0 aromatic heterocycles. The lowest BCUT2D eigenvalue weighted by Gasteiger charge is -2.22. The van der Waals surface area contributed by atoms with Gasteiger partial charge in [-0.25, -0.2) is 4.79 Å². The number of hydrogen-bond donors (Lipinski definition) is 2. The number of rotatable bonds is 8. The Kier molecular flexibility index (Phi) is 6.85. The van der Waals surface area contributed by atoms with Crippen molar-refractivity contribution in [2.75, 3.05) is 26.4 Å². The van der Waals surface area contributed by atoms with E-state index in [0.717, 1.165) is 5.56 Å². The molecule has 0 heterocycles. The molecule has 0 bridgehead atoms. The van der Waals surface area contributed by atoms with Gasteiger partial charge in [-0.1, -0.05) is 39.0 Å². The molecule has 0 saturated carbocycles. The van der Waals surface area contributed by atoms with Gasteiger partial charge in [-0.2, -0.15) is 0 Å². The zero-order valence-electron chi connectivity index (χ0n) is 13.2. The van der Waals surface area contributed by atoms with Crippen molar-refractivity contribution in [2.45, 2.75) is 26.2 Å². The van der Waals surface area contributed by atoms with Crippen molar-refractivity contribution >= 4 is 11.9 Å². The SMILES string of the molecule is CC(C)(C)c1ccccc1OCC(=O)NCCOCC(=O)O. The molecule has 2 N–H and O–H groups in total. The summed E-state index contributed by atoms with van der Waals surface area (Å²) in [5, 5.41) is 11.0. The number of aliphatic carboxylic acids is 1. The molecular weight excluding hydrogens is 286 g/mol. The lowest BCUT2D eigenvalue weighted by atomic mass is 9.86. The summed E-state index contributed by atoms with van der Waals surface area (Å²) < 4.78 is 10.4. The van der Waals surface area contributed by atoms with Crippen LogP contribution in [0.25, 0.3) is 0 Å². The second-order valence-electron chi connectivity index (χ2n) is 5.83. The zero-order chi connectivity index (χ0) is 16.6. The van der Waals surface area contributed by atoms with Crippen molar-refractivity contribution in [2.24, 2.45) is 0 Å². The second-order valence-corrected chi connectivity index (χ2v) is 5.83. The number of carbonyl (C=O) groups excluding carboxylic acids is 1. The van der Waals surface area contributed by atoms with Crippen LogP contribution in [-0.4, -0.2) is 43.3 Å². The highest BCUT2D eigenvalue weighted by atomic mass is 16.5. The van der Waals surface area contributed by atoms with E-state index >= 15 is 0 Å². The number of amides is 1. The maximum Gasteiger partial charge on any atom is 0.329 e. The molecule has 1 aromatic carbocycles. The minimum Gasteiger partial charge on any atom is -0.483 e. The third-order valence-electron chi connectivity index (χ3n) is 2.85. The molecular formula is C16H23NO5. The summed E-state index contributed by atoms with van der Waals surface area (Å²) in [5.74, 6) is -0.622. The number of ether oxygens (including phenoxy) is 2. The Balaban J connectivity index is 2.37. The van der Waals surface area contributed by atoms with Crippen molar-refractivity contribution in [1.29, 1.82) is 0 Å². The van der Waals surface area contributed by atoms with Crippen LogP contribution in [0, 0.1) is 0 Å². The van der Waals surface area contributed by atoms with Gasteiger partial charge in [-0.3, -0.25) is 4.79 Å². The Morgan fingerprint density at radius 1 is 1.18 bits per heavy atom. The van der Waals surface area contributed by atoms with E-state index in [2.05, 4.69) is 26.1 Å². The molecule has 0 saturated heterocycles. The molecule has 0 spiro atoms. The van der Waals surface area contributed by atoms with E-state index in [9.17, 15) is 9.59 Å². The first-order chi connectivity index (χ1) is 10.3. The molecule has 0 aliphatic heterocycles. The van der Waals surface area contributed by atoms with Gasteiger partial charge in [0.1, 0.15) is 12.4 Å². The van der Waals surface area contributed by atoms with Gasteiger partial charge in [-0.05, 0) is 17.0 Å². The number of benzene rings is 1. The Hall–Kier alpha value is -2.08. The fourth-order valence-electron chi connectivity index (χ4n) is 1.83. The number of nitrogens with one attached hydrogen (secondary N) is 1. The molecule has 0 radical (unpaired) electrons. The van der Waals surface area contributed by atoms with E-state index in [4.69, 9.17) is 14.6 Å². The normalized spacial score (nSPS) is 11.0. The molecule has 0 fully saturated rings. The molecule has 0 unspecified atom stereocenters. The zero-order valence-corrected chi connectivity index (χ0v) is 13.2. The highest BCUT2D eigenvalue weighted by Crippen LogP contribution is 2.30. The predicted octanol–water partition coefficient (Wildman–Crippen LogP) is 1.58. The summed E-state index contributed by atoms with van der Waals surface area (Å²) in [5.41, 5.74) is 0.963. The topological polar surface area (TPSA) is 84.9 Å². The molecule has 0 aliphatic carbocycles. The predicted molar refractivity (Wildman–Crippen MR) is 82.1 cm³/mol. The van der Waals surface area contributed by atoms with Crippen LogP contribution in [0.1, 0.15) is 26.3 Å². The van der Waals surface area contributed by atoms with Crippen LogP contribution in [0.4, 0.5) is 0 Å². The average molecular weight is 309 g/mol.